The van der Waals surface area contributed by atoms with Gasteiger partial charge in [0, 0.05) is 28.7 Å². The first-order chi connectivity index (χ1) is 14.4. The molecule has 0 bridgehead atoms. The van der Waals surface area contributed by atoms with E-state index < -0.39 is 0 Å². The SMILES string of the molecule is CC(=O)Nc1ccc(NCc2nc3sc(C)c(-c4ccc(C)cc4)c3c(=O)[nH]2)cc1. The van der Waals surface area contributed by atoms with Crippen LogP contribution in [0, 0.1) is 13.8 Å². The van der Waals surface area contributed by atoms with E-state index in [9.17, 15) is 9.59 Å². The third-order valence-electron chi connectivity index (χ3n) is 4.79. The number of benzene rings is 2. The Morgan fingerprint density at radius 1 is 1.03 bits per heavy atom. The first-order valence-electron chi connectivity index (χ1n) is 9.61. The molecule has 0 aliphatic rings. The molecule has 0 aliphatic carbocycles. The number of amides is 1. The fraction of sp³-hybridized carbons (Fsp3) is 0.174. The molecular weight excluding hydrogens is 396 g/mol. The summed E-state index contributed by atoms with van der Waals surface area (Å²) in [5.41, 5.74) is 4.64. The van der Waals surface area contributed by atoms with Crippen molar-refractivity contribution in [3.05, 3.63) is 75.1 Å². The number of anilines is 2. The molecule has 7 heteroatoms. The van der Waals surface area contributed by atoms with Crippen molar-refractivity contribution in [2.75, 3.05) is 10.6 Å². The summed E-state index contributed by atoms with van der Waals surface area (Å²) < 4.78 is 0. The van der Waals surface area contributed by atoms with Crippen LogP contribution in [0.1, 0.15) is 23.2 Å². The van der Waals surface area contributed by atoms with Crippen LogP contribution in [0.5, 0.6) is 0 Å². The fourth-order valence-electron chi connectivity index (χ4n) is 3.38. The lowest BCUT2D eigenvalue weighted by atomic mass is 10.0. The number of carbonyl (C=O) groups excluding carboxylic acids is 1. The summed E-state index contributed by atoms with van der Waals surface area (Å²) in [6, 6.07) is 15.6. The first kappa shape index (κ1) is 19.8. The monoisotopic (exact) mass is 418 g/mol. The molecule has 2 aromatic heterocycles. The van der Waals surface area contributed by atoms with E-state index in [1.807, 2.05) is 50.2 Å². The van der Waals surface area contributed by atoms with Crippen LogP contribution in [-0.4, -0.2) is 15.9 Å². The highest BCUT2D eigenvalue weighted by atomic mass is 32.1. The van der Waals surface area contributed by atoms with E-state index in [-0.39, 0.29) is 11.5 Å². The number of fused-ring (bicyclic) bond motifs is 1. The summed E-state index contributed by atoms with van der Waals surface area (Å²) in [6.07, 6.45) is 0. The molecule has 0 radical (unpaired) electrons. The van der Waals surface area contributed by atoms with Crippen molar-refractivity contribution < 1.29 is 4.79 Å². The lowest BCUT2D eigenvalue weighted by Gasteiger charge is -2.08. The Kier molecular flexibility index (Phi) is 5.37. The number of H-pyrrole nitrogens is 1. The Hall–Kier alpha value is -3.45. The second kappa shape index (κ2) is 8.12. The Labute approximate surface area is 178 Å². The quantitative estimate of drug-likeness (QED) is 0.433. The van der Waals surface area contributed by atoms with E-state index in [1.54, 1.807) is 0 Å². The molecule has 30 heavy (non-hydrogen) atoms. The van der Waals surface area contributed by atoms with E-state index in [1.165, 1.54) is 23.8 Å². The third kappa shape index (κ3) is 4.11. The molecule has 1 amide bonds. The summed E-state index contributed by atoms with van der Waals surface area (Å²) in [5.74, 6) is 0.470. The average molecular weight is 419 g/mol. The number of nitrogens with one attached hydrogen (secondary N) is 3. The van der Waals surface area contributed by atoms with E-state index in [2.05, 4.69) is 32.7 Å². The second-order valence-electron chi connectivity index (χ2n) is 7.20. The fourth-order valence-corrected chi connectivity index (χ4v) is 4.44. The smallest absolute Gasteiger partial charge is 0.260 e. The van der Waals surface area contributed by atoms with E-state index >= 15 is 0 Å². The average Bonchev–Trinajstić information content (AvgIpc) is 3.04. The summed E-state index contributed by atoms with van der Waals surface area (Å²) in [5, 5.41) is 6.63. The number of nitrogens with zero attached hydrogens (tertiary/aromatic N) is 1. The molecule has 3 N–H and O–H groups in total. The Morgan fingerprint density at radius 3 is 2.37 bits per heavy atom. The number of thiophene rings is 1. The van der Waals surface area contributed by atoms with Gasteiger partial charge in [-0.3, -0.25) is 9.59 Å². The lowest BCUT2D eigenvalue weighted by Crippen LogP contribution is -2.14. The van der Waals surface area contributed by atoms with E-state index in [0.717, 1.165) is 32.2 Å². The van der Waals surface area contributed by atoms with Gasteiger partial charge in [0.2, 0.25) is 5.91 Å². The predicted octanol–water partition coefficient (Wildman–Crippen LogP) is 4.84. The zero-order chi connectivity index (χ0) is 21.3. The summed E-state index contributed by atoms with van der Waals surface area (Å²) in [4.78, 5) is 33.4. The predicted molar refractivity (Wildman–Crippen MR) is 123 cm³/mol. The van der Waals surface area contributed by atoms with Gasteiger partial charge < -0.3 is 15.6 Å². The molecule has 0 spiro atoms. The molecule has 0 saturated heterocycles. The molecule has 2 aromatic carbocycles. The van der Waals surface area contributed by atoms with E-state index in [4.69, 9.17) is 0 Å². The lowest BCUT2D eigenvalue weighted by molar-refractivity contribution is -0.114. The topological polar surface area (TPSA) is 86.9 Å². The molecule has 4 aromatic rings. The normalized spacial score (nSPS) is 10.9. The highest BCUT2D eigenvalue weighted by Crippen LogP contribution is 2.35. The zero-order valence-electron chi connectivity index (χ0n) is 17.0. The molecule has 152 valence electrons. The van der Waals surface area contributed by atoms with Gasteiger partial charge in [-0.2, -0.15) is 0 Å². The van der Waals surface area contributed by atoms with Gasteiger partial charge in [-0.05, 0) is 43.7 Å². The van der Waals surface area contributed by atoms with Gasteiger partial charge in [0.15, 0.2) is 0 Å². The van der Waals surface area contributed by atoms with Crippen molar-refractivity contribution >= 4 is 38.8 Å². The van der Waals surface area contributed by atoms with Crippen LogP contribution in [0.3, 0.4) is 0 Å². The van der Waals surface area contributed by atoms with Gasteiger partial charge in [-0.1, -0.05) is 29.8 Å². The number of aryl methyl sites for hydroxylation is 2. The van der Waals surface area contributed by atoms with Crippen LogP contribution >= 0.6 is 11.3 Å². The zero-order valence-corrected chi connectivity index (χ0v) is 17.8. The molecule has 0 saturated carbocycles. The molecular formula is C23H22N4O2S. The number of rotatable bonds is 5. The summed E-state index contributed by atoms with van der Waals surface area (Å²) in [7, 11) is 0. The van der Waals surface area contributed by atoms with Crippen LogP contribution in [0.25, 0.3) is 21.3 Å². The number of carbonyl (C=O) groups is 1. The Morgan fingerprint density at radius 2 is 1.70 bits per heavy atom. The maximum absolute atomic E-state index is 12.9. The highest BCUT2D eigenvalue weighted by molar-refractivity contribution is 7.19. The maximum Gasteiger partial charge on any atom is 0.260 e. The minimum atomic E-state index is -0.127. The largest absolute Gasteiger partial charge is 0.378 e. The van der Waals surface area contributed by atoms with Crippen molar-refractivity contribution in [1.29, 1.82) is 0 Å². The summed E-state index contributed by atoms with van der Waals surface area (Å²) in [6.45, 7) is 5.93. The second-order valence-corrected chi connectivity index (χ2v) is 8.41. The molecule has 0 fully saturated rings. The third-order valence-corrected chi connectivity index (χ3v) is 5.79. The molecule has 4 rings (SSSR count). The van der Waals surface area contributed by atoms with Crippen molar-refractivity contribution in [1.82, 2.24) is 9.97 Å². The van der Waals surface area contributed by atoms with Gasteiger partial charge in [0.25, 0.3) is 5.56 Å². The first-order valence-corrected chi connectivity index (χ1v) is 10.4. The molecule has 2 heterocycles. The van der Waals surface area contributed by atoms with Gasteiger partial charge >= 0.3 is 0 Å². The van der Waals surface area contributed by atoms with Crippen molar-refractivity contribution in [2.45, 2.75) is 27.3 Å². The minimum absolute atomic E-state index is 0.109. The summed E-state index contributed by atoms with van der Waals surface area (Å²) >= 11 is 1.54. The highest BCUT2D eigenvalue weighted by Gasteiger charge is 2.16. The van der Waals surface area contributed by atoms with Crippen LogP contribution in [0.2, 0.25) is 0 Å². The van der Waals surface area contributed by atoms with Crippen molar-refractivity contribution in [2.24, 2.45) is 0 Å². The van der Waals surface area contributed by atoms with Gasteiger partial charge in [0.05, 0.1) is 11.9 Å². The molecule has 0 atom stereocenters. The minimum Gasteiger partial charge on any atom is -0.378 e. The van der Waals surface area contributed by atoms with Crippen LogP contribution in [-0.2, 0) is 11.3 Å². The van der Waals surface area contributed by atoms with Crippen LogP contribution < -0.4 is 16.2 Å². The van der Waals surface area contributed by atoms with Gasteiger partial charge in [-0.15, -0.1) is 11.3 Å². The van der Waals surface area contributed by atoms with Gasteiger partial charge in [0.1, 0.15) is 10.7 Å². The molecule has 6 nitrogen and oxygen atoms in total. The van der Waals surface area contributed by atoms with Crippen molar-refractivity contribution in [3.63, 3.8) is 0 Å². The number of hydrogen-bond donors (Lipinski definition) is 3. The maximum atomic E-state index is 12.9. The number of hydrogen-bond acceptors (Lipinski definition) is 5. The van der Waals surface area contributed by atoms with Crippen LogP contribution in [0.15, 0.2) is 53.3 Å². The Bertz CT molecular complexity index is 1270. The van der Waals surface area contributed by atoms with Gasteiger partial charge in [-0.25, -0.2) is 4.98 Å². The van der Waals surface area contributed by atoms with E-state index in [0.29, 0.717) is 17.8 Å². The molecule has 0 unspecified atom stereocenters. The number of aromatic nitrogens is 2. The molecule has 0 aliphatic heterocycles. The standard InChI is InChI=1S/C23H22N4O2S/c1-13-4-6-16(7-5-13)20-14(2)30-23-21(20)22(29)26-19(27-23)12-24-17-8-10-18(11-9-17)25-15(3)28/h4-11,24H,12H2,1-3H3,(H,25,28)(H,26,27,29). The van der Waals surface area contributed by atoms with Crippen LogP contribution in [0.4, 0.5) is 11.4 Å². The van der Waals surface area contributed by atoms with Crippen molar-refractivity contribution in [3.8, 4) is 11.1 Å². The number of aromatic amines is 1. The Balaban J connectivity index is 1.59.